The molecule has 112 valence electrons. The van der Waals surface area contributed by atoms with Crippen LogP contribution in [0, 0.1) is 0 Å². The van der Waals surface area contributed by atoms with Crippen LogP contribution in [0.25, 0.3) is 0 Å². The number of hydrogen-bond donors (Lipinski definition) is 2. The predicted octanol–water partition coefficient (Wildman–Crippen LogP) is 1.30. The van der Waals surface area contributed by atoms with E-state index in [0.29, 0.717) is 18.6 Å². The quantitative estimate of drug-likeness (QED) is 0.878. The molecule has 0 saturated carbocycles. The van der Waals surface area contributed by atoms with Crippen LogP contribution in [0.5, 0.6) is 0 Å². The molecule has 2 unspecified atom stereocenters. The van der Waals surface area contributed by atoms with Gasteiger partial charge in [0.25, 0.3) is 0 Å². The van der Waals surface area contributed by atoms with Gasteiger partial charge in [-0.3, -0.25) is 0 Å². The Morgan fingerprint density at radius 3 is 2.50 bits per heavy atom. The van der Waals surface area contributed by atoms with E-state index < -0.39 is 10.0 Å². The normalized spacial score (nSPS) is 23.9. The van der Waals surface area contributed by atoms with E-state index in [-0.39, 0.29) is 4.90 Å². The van der Waals surface area contributed by atoms with Gasteiger partial charge in [-0.05, 0) is 57.5 Å². The summed E-state index contributed by atoms with van der Waals surface area (Å²) in [4.78, 5) is 2.61. The van der Waals surface area contributed by atoms with Crippen molar-refractivity contribution in [3.8, 4) is 0 Å². The summed E-state index contributed by atoms with van der Waals surface area (Å²) >= 11 is 0. The van der Waals surface area contributed by atoms with E-state index in [1.54, 1.807) is 12.1 Å². The van der Waals surface area contributed by atoms with Crippen molar-refractivity contribution < 1.29 is 8.42 Å². The molecule has 0 bridgehead atoms. The molecule has 5 nitrogen and oxygen atoms in total. The smallest absolute Gasteiger partial charge is 0.240 e. The van der Waals surface area contributed by atoms with Gasteiger partial charge in [0.2, 0.25) is 10.0 Å². The highest BCUT2D eigenvalue weighted by molar-refractivity contribution is 7.89. The first kappa shape index (κ1) is 15.3. The van der Waals surface area contributed by atoms with Gasteiger partial charge in [0.05, 0.1) is 4.90 Å². The summed E-state index contributed by atoms with van der Waals surface area (Å²) in [5.41, 5.74) is 6.91. The topological polar surface area (TPSA) is 75.4 Å². The molecule has 20 heavy (non-hydrogen) atoms. The zero-order valence-electron chi connectivity index (χ0n) is 12.0. The van der Waals surface area contributed by atoms with Crippen LogP contribution in [0.3, 0.4) is 0 Å². The fourth-order valence-corrected chi connectivity index (χ4v) is 3.63. The largest absolute Gasteiger partial charge is 0.365 e. The van der Waals surface area contributed by atoms with Crippen LogP contribution in [0.15, 0.2) is 29.2 Å². The third-order valence-corrected chi connectivity index (χ3v) is 5.44. The van der Waals surface area contributed by atoms with Crippen molar-refractivity contribution in [1.29, 1.82) is 0 Å². The van der Waals surface area contributed by atoms with Crippen molar-refractivity contribution >= 4 is 15.7 Å². The zero-order valence-corrected chi connectivity index (χ0v) is 12.9. The van der Waals surface area contributed by atoms with Crippen molar-refractivity contribution in [2.24, 2.45) is 5.73 Å². The van der Waals surface area contributed by atoms with Gasteiger partial charge < -0.3 is 10.6 Å². The molecule has 1 aromatic carbocycles. The van der Waals surface area contributed by atoms with E-state index in [2.05, 4.69) is 16.5 Å². The van der Waals surface area contributed by atoms with Crippen LogP contribution in [-0.4, -0.2) is 34.1 Å². The van der Waals surface area contributed by atoms with Crippen molar-refractivity contribution in [1.82, 2.24) is 4.72 Å². The number of nitrogens with one attached hydrogen (secondary N) is 1. The lowest BCUT2D eigenvalue weighted by atomic mass is 9.95. The van der Waals surface area contributed by atoms with E-state index in [1.165, 1.54) is 13.5 Å². The maximum atomic E-state index is 11.7. The molecular weight excluding hydrogens is 274 g/mol. The number of rotatable bonds is 4. The Morgan fingerprint density at radius 1 is 1.30 bits per heavy atom. The summed E-state index contributed by atoms with van der Waals surface area (Å²) in [7, 11) is -1.95. The van der Waals surface area contributed by atoms with Gasteiger partial charge >= 0.3 is 0 Å². The van der Waals surface area contributed by atoms with Crippen molar-refractivity contribution in [2.75, 3.05) is 18.5 Å². The molecule has 1 fully saturated rings. The highest BCUT2D eigenvalue weighted by Crippen LogP contribution is 2.29. The van der Waals surface area contributed by atoms with Gasteiger partial charge in [0.1, 0.15) is 0 Å². The number of anilines is 1. The minimum Gasteiger partial charge on any atom is -0.365 e. The van der Waals surface area contributed by atoms with Crippen LogP contribution in [-0.2, 0) is 10.0 Å². The first-order valence-corrected chi connectivity index (χ1v) is 8.50. The van der Waals surface area contributed by atoms with Gasteiger partial charge in [-0.1, -0.05) is 0 Å². The zero-order chi connectivity index (χ0) is 14.8. The maximum absolute atomic E-state index is 11.7. The highest BCUT2D eigenvalue weighted by Gasteiger charge is 2.27. The highest BCUT2D eigenvalue weighted by atomic mass is 32.2. The molecular formula is C14H23N3O2S. The number of nitrogens with two attached hydrogens (primary N) is 1. The van der Waals surface area contributed by atoms with Crippen molar-refractivity contribution in [3.05, 3.63) is 24.3 Å². The van der Waals surface area contributed by atoms with Gasteiger partial charge in [-0.15, -0.1) is 0 Å². The summed E-state index contributed by atoms with van der Waals surface area (Å²) in [6.07, 6.45) is 3.44. The molecule has 1 aromatic rings. The molecule has 2 atom stereocenters. The number of hydrogen-bond acceptors (Lipinski definition) is 4. The standard InChI is InChI=1S/C14H23N3O2S/c1-11-4-3-5-13(10-15)17(11)12-6-8-14(9-7-12)20(18,19)16-2/h6-9,11,13,16H,3-5,10,15H2,1-2H3. The molecule has 1 aliphatic rings. The first-order chi connectivity index (χ1) is 9.49. The second kappa shape index (κ2) is 6.11. The Hall–Kier alpha value is -1.11. The Morgan fingerprint density at radius 2 is 1.95 bits per heavy atom. The Kier molecular flexibility index (Phi) is 4.67. The van der Waals surface area contributed by atoms with E-state index in [9.17, 15) is 8.42 Å². The minimum atomic E-state index is -3.37. The molecule has 0 aromatic heterocycles. The lowest BCUT2D eigenvalue weighted by Gasteiger charge is -2.42. The SMILES string of the molecule is CNS(=O)(=O)c1ccc(N2C(C)CCCC2CN)cc1. The van der Waals surface area contributed by atoms with Crippen LogP contribution < -0.4 is 15.4 Å². The lowest BCUT2D eigenvalue weighted by molar-refractivity contribution is 0.401. The Balaban J connectivity index is 2.28. The van der Waals surface area contributed by atoms with Crippen molar-refractivity contribution in [3.63, 3.8) is 0 Å². The van der Waals surface area contributed by atoms with E-state index in [4.69, 9.17) is 5.73 Å². The molecule has 2 rings (SSSR count). The van der Waals surface area contributed by atoms with E-state index in [0.717, 1.165) is 18.5 Å². The second-order valence-electron chi connectivity index (χ2n) is 5.28. The molecule has 0 aliphatic carbocycles. The number of piperidine rings is 1. The number of nitrogens with zero attached hydrogens (tertiary/aromatic N) is 1. The van der Waals surface area contributed by atoms with Crippen LogP contribution in [0.4, 0.5) is 5.69 Å². The molecule has 6 heteroatoms. The average Bonchev–Trinajstić information content (AvgIpc) is 2.47. The lowest BCUT2D eigenvalue weighted by Crippen LogP contribution is -2.49. The van der Waals surface area contributed by atoms with Crippen LogP contribution in [0.1, 0.15) is 26.2 Å². The molecule has 0 amide bonds. The van der Waals surface area contributed by atoms with Gasteiger partial charge in [0.15, 0.2) is 0 Å². The monoisotopic (exact) mass is 297 g/mol. The van der Waals surface area contributed by atoms with Crippen molar-refractivity contribution in [2.45, 2.75) is 43.2 Å². The molecule has 1 saturated heterocycles. The summed E-state index contributed by atoms with van der Waals surface area (Å²) in [5.74, 6) is 0. The Bertz CT molecular complexity index is 542. The summed E-state index contributed by atoms with van der Waals surface area (Å²) in [5, 5.41) is 0. The fourth-order valence-electron chi connectivity index (χ4n) is 2.90. The van der Waals surface area contributed by atoms with Gasteiger partial charge in [-0.25, -0.2) is 13.1 Å². The van der Waals surface area contributed by atoms with E-state index >= 15 is 0 Å². The predicted molar refractivity (Wildman–Crippen MR) is 81.3 cm³/mol. The average molecular weight is 297 g/mol. The molecule has 1 aliphatic heterocycles. The molecule has 0 spiro atoms. The number of benzene rings is 1. The second-order valence-corrected chi connectivity index (χ2v) is 7.16. The minimum absolute atomic E-state index is 0.290. The summed E-state index contributed by atoms with van der Waals surface area (Å²) in [6, 6.07) is 7.81. The third-order valence-electron chi connectivity index (χ3n) is 4.01. The first-order valence-electron chi connectivity index (χ1n) is 7.01. The van der Waals surface area contributed by atoms with E-state index in [1.807, 2.05) is 12.1 Å². The third kappa shape index (κ3) is 2.97. The molecule has 3 N–H and O–H groups in total. The van der Waals surface area contributed by atoms with Crippen LogP contribution >= 0.6 is 0 Å². The van der Waals surface area contributed by atoms with Gasteiger partial charge in [0, 0.05) is 24.3 Å². The summed E-state index contributed by atoms with van der Waals surface area (Å²) in [6.45, 7) is 2.82. The van der Waals surface area contributed by atoms with Gasteiger partial charge in [-0.2, -0.15) is 0 Å². The fraction of sp³-hybridized carbons (Fsp3) is 0.571. The number of sulfonamides is 1. The Labute approximate surface area is 121 Å². The van der Waals surface area contributed by atoms with Crippen LogP contribution in [0.2, 0.25) is 0 Å². The maximum Gasteiger partial charge on any atom is 0.240 e. The molecule has 0 radical (unpaired) electrons. The summed E-state index contributed by atoms with van der Waals surface area (Å²) < 4.78 is 25.8. The molecule has 1 heterocycles.